The third-order valence-electron chi connectivity index (χ3n) is 4.46. The maximum atomic E-state index is 12.4. The van der Waals surface area contributed by atoms with Gasteiger partial charge in [-0.25, -0.2) is 0 Å². The van der Waals surface area contributed by atoms with Crippen molar-refractivity contribution in [3.63, 3.8) is 0 Å². The van der Waals surface area contributed by atoms with Crippen LogP contribution >= 0.6 is 0 Å². The first kappa shape index (κ1) is 14.4. The topological polar surface area (TPSA) is 50.4 Å². The Morgan fingerprint density at radius 3 is 2.90 bits per heavy atom. The summed E-state index contributed by atoms with van der Waals surface area (Å²) >= 11 is 0. The molecule has 114 valence electrons. The number of para-hydroxylation sites is 1. The number of ether oxygens (including phenoxy) is 1. The summed E-state index contributed by atoms with van der Waals surface area (Å²) in [6.07, 6.45) is 6.19. The summed E-state index contributed by atoms with van der Waals surface area (Å²) in [6, 6.07) is 8.08. The Bertz CT molecular complexity index is 483. The summed E-state index contributed by atoms with van der Waals surface area (Å²) in [6.45, 7) is 2.10. The molecule has 4 nitrogen and oxygen atoms in total. The van der Waals surface area contributed by atoms with Gasteiger partial charge >= 0.3 is 0 Å². The van der Waals surface area contributed by atoms with Gasteiger partial charge in [0.1, 0.15) is 0 Å². The molecule has 2 aliphatic rings. The van der Waals surface area contributed by atoms with E-state index in [1.54, 1.807) is 0 Å². The van der Waals surface area contributed by atoms with Crippen LogP contribution in [0.3, 0.4) is 0 Å². The molecule has 4 heteroatoms. The van der Waals surface area contributed by atoms with E-state index in [1.165, 1.54) is 25.7 Å². The van der Waals surface area contributed by atoms with E-state index in [1.807, 2.05) is 24.3 Å². The quantitative estimate of drug-likeness (QED) is 0.819. The molecule has 1 aliphatic carbocycles. The lowest BCUT2D eigenvalue weighted by Crippen LogP contribution is -2.35. The maximum Gasteiger partial charge on any atom is 0.227 e. The van der Waals surface area contributed by atoms with Crippen LogP contribution in [0.2, 0.25) is 0 Å². The summed E-state index contributed by atoms with van der Waals surface area (Å²) in [5, 5.41) is 6.37. The first-order chi connectivity index (χ1) is 10.3. The Hall–Kier alpha value is -1.55. The molecule has 21 heavy (non-hydrogen) atoms. The minimum Gasteiger partial charge on any atom is -0.385 e. The van der Waals surface area contributed by atoms with Gasteiger partial charge in [-0.15, -0.1) is 0 Å². The van der Waals surface area contributed by atoms with Gasteiger partial charge in [-0.05, 0) is 30.9 Å². The van der Waals surface area contributed by atoms with Crippen LogP contribution in [0, 0.1) is 0 Å². The second-order valence-electron chi connectivity index (χ2n) is 5.92. The molecule has 3 rings (SSSR count). The van der Waals surface area contributed by atoms with E-state index in [-0.39, 0.29) is 11.8 Å². The van der Waals surface area contributed by atoms with Crippen molar-refractivity contribution >= 4 is 11.6 Å². The van der Waals surface area contributed by atoms with Crippen LogP contribution in [0.1, 0.15) is 43.6 Å². The van der Waals surface area contributed by atoms with E-state index in [2.05, 4.69) is 10.6 Å². The zero-order valence-electron chi connectivity index (χ0n) is 12.4. The van der Waals surface area contributed by atoms with Crippen LogP contribution in [0.4, 0.5) is 5.69 Å². The van der Waals surface area contributed by atoms with Crippen LogP contribution < -0.4 is 10.6 Å². The molecule has 1 heterocycles. The molecule has 0 spiro atoms. The number of hydrogen-bond acceptors (Lipinski definition) is 3. The lowest BCUT2D eigenvalue weighted by Gasteiger charge is -2.26. The van der Waals surface area contributed by atoms with E-state index < -0.39 is 0 Å². The van der Waals surface area contributed by atoms with E-state index in [4.69, 9.17) is 4.74 Å². The van der Waals surface area contributed by atoms with Crippen molar-refractivity contribution < 1.29 is 9.53 Å². The third kappa shape index (κ3) is 3.56. The van der Waals surface area contributed by atoms with Crippen molar-refractivity contribution in [1.82, 2.24) is 5.32 Å². The van der Waals surface area contributed by atoms with E-state index in [0.717, 1.165) is 24.2 Å². The Kier molecular flexibility index (Phi) is 4.76. The number of benzene rings is 1. The van der Waals surface area contributed by atoms with Gasteiger partial charge in [0.05, 0.1) is 18.6 Å². The average Bonchev–Trinajstić information content (AvgIpc) is 3.04. The van der Waals surface area contributed by atoms with Gasteiger partial charge in [-0.3, -0.25) is 4.79 Å². The molecule has 1 amide bonds. The summed E-state index contributed by atoms with van der Waals surface area (Å²) in [5.74, 6) is 0.0907. The first-order valence-corrected chi connectivity index (χ1v) is 8.07. The summed E-state index contributed by atoms with van der Waals surface area (Å²) in [7, 11) is 0. The standard InChI is InChI=1S/C17H24N2O2/c20-17(19-11-12-21-13-5-1-2-6-13)15-9-10-18-16-8-4-3-7-14(15)16/h3-4,7-8,13,15,18H,1-2,5-6,9-12H2,(H,19,20). The number of nitrogens with one attached hydrogen (secondary N) is 2. The van der Waals surface area contributed by atoms with Gasteiger partial charge in [0.2, 0.25) is 5.91 Å². The number of carbonyl (C=O) groups excluding carboxylic acids is 1. The highest BCUT2D eigenvalue weighted by atomic mass is 16.5. The Balaban J connectivity index is 1.47. The van der Waals surface area contributed by atoms with Crippen LogP contribution in [-0.4, -0.2) is 31.7 Å². The first-order valence-electron chi connectivity index (χ1n) is 8.07. The predicted octanol–water partition coefficient (Wildman–Crippen LogP) is 2.66. The fraction of sp³-hybridized carbons (Fsp3) is 0.588. The highest BCUT2D eigenvalue weighted by molar-refractivity contribution is 5.86. The molecule has 1 unspecified atom stereocenters. The minimum absolute atomic E-state index is 0.0334. The van der Waals surface area contributed by atoms with Gasteiger partial charge in [0.25, 0.3) is 0 Å². The van der Waals surface area contributed by atoms with Crippen molar-refractivity contribution in [3.05, 3.63) is 29.8 Å². The fourth-order valence-corrected chi connectivity index (χ4v) is 3.32. The molecule has 1 aromatic rings. The number of fused-ring (bicyclic) bond motifs is 1. The smallest absolute Gasteiger partial charge is 0.227 e. The number of carbonyl (C=O) groups is 1. The van der Waals surface area contributed by atoms with Crippen molar-refractivity contribution in [2.24, 2.45) is 0 Å². The summed E-state index contributed by atoms with van der Waals surface area (Å²) in [5.41, 5.74) is 2.20. The Labute approximate surface area is 126 Å². The molecule has 1 aromatic carbocycles. The maximum absolute atomic E-state index is 12.4. The van der Waals surface area contributed by atoms with Crippen LogP contribution in [0.15, 0.2) is 24.3 Å². The van der Waals surface area contributed by atoms with E-state index in [9.17, 15) is 4.79 Å². The number of amides is 1. The van der Waals surface area contributed by atoms with Crippen molar-refractivity contribution in [2.45, 2.75) is 44.1 Å². The normalized spacial score (nSPS) is 21.6. The average molecular weight is 288 g/mol. The molecule has 0 bridgehead atoms. The molecule has 0 aromatic heterocycles. The summed E-state index contributed by atoms with van der Waals surface area (Å²) < 4.78 is 5.78. The van der Waals surface area contributed by atoms with Gasteiger partial charge < -0.3 is 15.4 Å². The van der Waals surface area contributed by atoms with Gasteiger partial charge in [-0.2, -0.15) is 0 Å². The van der Waals surface area contributed by atoms with Crippen LogP contribution in [0.25, 0.3) is 0 Å². The predicted molar refractivity (Wildman–Crippen MR) is 83.5 cm³/mol. The largest absolute Gasteiger partial charge is 0.385 e. The van der Waals surface area contributed by atoms with Crippen molar-refractivity contribution in [3.8, 4) is 0 Å². The van der Waals surface area contributed by atoms with Gasteiger partial charge in [-0.1, -0.05) is 31.0 Å². The monoisotopic (exact) mass is 288 g/mol. The SMILES string of the molecule is O=C(NCCOC1CCCC1)C1CCNc2ccccc21. The molecule has 1 saturated carbocycles. The van der Waals surface area contributed by atoms with E-state index >= 15 is 0 Å². The molecule has 0 radical (unpaired) electrons. The van der Waals surface area contributed by atoms with Crippen LogP contribution in [-0.2, 0) is 9.53 Å². The van der Waals surface area contributed by atoms with Crippen molar-refractivity contribution in [1.29, 1.82) is 0 Å². The molecule has 1 aliphatic heterocycles. The lowest BCUT2D eigenvalue weighted by molar-refractivity contribution is -0.123. The van der Waals surface area contributed by atoms with Gasteiger partial charge in [0.15, 0.2) is 0 Å². The van der Waals surface area contributed by atoms with Gasteiger partial charge in [0, 0.05) is 18.8 Å². The minimum atomic E-state index is -0.0334. The fourth-order valence-electron chi connectivity index (χ4n) is 3.32. The second-order valence-corrected chi connectivity index (χ2v) is 5.92. The Morgan fingerprint density at radius 2 is 2.05 bits per heavy atom. The van der Waals surface area contributed by atoms with Crippen LogP contribution in [0.5, 0.6) is 0 Å². The number of rotatable bonds is 5. The number of anilines is 1. The zero-order chi connectivity index (χ0) is 14.5. The molecule has 0 saturated heterocycles. The Morgan fingerprint density at radius 1 is 1.24 bits per heavy atom. The highest BCUT2D eigenvalue weighted by Crippen LogP contribution is 2.31. The summed E-state index contributed by atoms with van der Waals surface area (Å²) in [4.78, 5) is 12.4. The second kappa shape index (κ2) is 6.94. The molecule has 1 fully saturated rings. The van der Waals surface area contributed by atoms with E-state index in [0.29, 0.717) is 19.3 Å². The molecule has 2 N–H and O–H groups in total. The van der Waals surface area contributed by atoms with Crippen molar-refractivity contribution in [2.75, 3.05) is 25.0 Å². The molecular weight excluding hydrogens is 264 g/mol. The lowest BCUT2D eigenvalue weighted by atomic mass is 9.90. The third-order valence-corrected chi connectivity index (χ3v) is 4.46. The molecular formula is C17H24N2O2. The molecule has 1 atom stereocenters. The zero-order valence-corrected chi connectivity index (χ0v) is 12.4. The highest BCUT2D eigenvalue weighted by Gasteiger charge is 2.25. The number of hydrogen-bond donors (Lipinski definition) is 2.